The normalized spacial score (nSPS) is 16.0. The van der Waals surface area contributed by atoms with E-state index in [0.717, 1.165) is 19.6 Å². The Hall–Kier alpha value is -5.53. The number of hydrogen-bond donors (Lipinski definition) is 23. The van der Waals surface area contributed by atoms with Gasteiger partial charge in [-0.2, -0.15) is 0 Å². The third kappa shape index (κ3) is 31.3. The summed E-state index contributed by atoms with van der Waals surface area (Å²) < 4.78 is 0. The lowest BCUT2D eigenvalue weighted by Gasteiger charge is -2.31. The minimum atomic E-state index is -2.23. The third-order valence-corrected chi connectivity index (χ3v) is 12.3. The van der Waals surface area contributed by atoms with E-state index in [1.54, 1.807) is 0 Å². The molecule has 0 aliphatic carbocycles. The molecule has 0 saturated carbocycles. The van der Waals surface area contributed by atoms with Crippen LogP contribution in [-0.4, -0.2) is 386 Å². The smallest absolute Gasteiger partial charge is 0.317 e. The summed E-state index contributed by atoms with van der Waals surface area (Å²) in [7, 11) is 0. The molecule has 0 aliphatic rings. The lowest BCUT2D eigenvalue weighted by atomic mass is 10.1. The van der Waals surface area contributed by atoms with Gasteiger partial charge in [-0.15, -0.1) is 0 Å². The Morgan fingerprint density at radius 3 is 0.711 bits per heavy atom. The number of nitrogens with zero attached hydrogens (tertiary/aromatic N) is 5. The summed E-state index contributed by atoms with van der Waals surface area (Å²) in [5.41, 5.74) is 0. The van der Waals surface area contributed by atoms with E-state index in [4.69, 9.17) is 20.4 Å². The van der Waals surface area contributed by atoms with Crippen molar-refractivity contribution in [1.29, 1.82) is 0 Å². The van der Waals surface area contributed by atoms with E-state index in [2.05, 4.69) is 21.3 Å². The van der Waals surface area contributed by atoms with Gasteiger partial charge in [0.05, 0.1) is 57.1 Å². The number of hydrogen-bond acceptors (Lipinski definition) is 28. The van der Waals surface area contributed by atoms with E-state index in [9.17, 15) is 120 Å². The predicted octanol–water partition coefficient (Wildman–Crippen LogP) is -14.9. The third-order valence-electron chi connectivity index (χ3n) is 12.3. The second kappa shape index (κ2) is 42.3. The largest absolute Gasteiger partial charge is 0.480 e. The fourth-order valence-electron chi connectivity index (χ4n) is 7.49. The van der Waals surface area contributed by atoms with Gasteiger partial charge in [-0.25, -0.2) is 0 Å². The molecule has 0 aromatic heterocycles. The highest BCUT2D eigenvalue weighted by Gasteiger charge is 2.34. The fraction of sp³-hybridized carbons (Fsp3) is 0.804. The molecular formula is C46H85N9O28. The average molecular weight is 1210 g/mol. The standard InChI is InChI=1S/C46H85N9O28/c56-17-1-26(60)35(72)39(76)43(80)47-5-9-54(10-6-48-44(81)40(77)36(73)27(61)2-18-57)30(64)21-52(24-33(68)69)15-13-51(23-32(66)67)14-16-53(25-34(70)71)22-31(65)55(11-7-49-45(82)41(78)37(74)28(62)3-19-58)12-8-50-46(83)42(79)38(75)29(63)4-20-59/h26-29,35-42,56-63,72-79H,1-25H2,(H,47,80)(H,48,81)(H,49,82)(H,50,83)(H,66,67)(H,68,69)(H,70,71)/t26-,27-,28-,29-,35-,36-,37-,38-,39+,40+,41+,42+/m0/s1. The van der Waals surface area contributed by atoms with Crippen molar-refractivity contribution in [2.75, 3.05) is 138 Å². The molecule has 6 amide bonds. The van der Waals surface area contributed by atoms with Crippen molar-refractivity contribution < 1.29 is 140 Å². The van der Waals surface area contributed by atoms with E-state index in [0.29, 0.717) is 0 Å². The molecule has 0 saturated heterocycles. The Kier molecular flexibility index (Phi) is 39.5. The molecule has 23 N–H and O–H groups in total. The van der Waals surface area contributed by atoms with Crippen LogP contribution in [0.3, 0.4) is 0 Å². The molecule has 0 unspecified atom stereocenters. The number of carboxylic acids is 3. The van der Waals surface area contributed by atoms with Gasteiger partial charge in [0, 0.05) is 105 Å². The van der Waals surface area contributed by atoms with E-state index in [1.165, 1.54) is 4.90 Å². The maximum atomic E-state index is 13.8. The Morgan fingerprint density at radius 2 is 0.506 bits per heavy atom. The van der Waals surface area contributed by atoms with Crippen LogP contribution in [0.1, 0.15) is 25.7 Å². The minimum absolute atomic E-state index is 0.362. The van der Waals surface area contributed by atoms with Crippen molar-refractivity contribution in [2.24, 2.45) is 0 Å². The Labute approximate surface area is 475 Å². The number of aliphatic carboxylic acids is 3. The van der Waals surface area contributed by atoms with E-state index >= 15 is 0 Å². The van der Waals surface area contributed by atoms with Crippen LogP contribution < -0.4 is 21.3 Å². The van der Waals surface area contributed by atoms with Gasteiger partial charge in [0.15, 0.2) is 24.4 Å². The second-order valence-corrected chi connectivity index (χ2v) is 18.9. The summed E-state index contributed by atoms with van der Waals surface area (Å²) >= 11 is 0. The molecule has 83 heavy (non-hydrogen) atoms. The van der Waals surface area contributed by atoms with Crippen molar-refractivity contribution >= 4 is 53.4 Å². The van der Waals surface area contributed by atoms with Gasteiger partial charge in [-0.3, -0.25) is 57.9 Å². The van der Waals surface area contributed by atoms with Crippen LogP contribution in [-0.2, 0) is 43.2 Å². The number of amides is 6. The van der Waals surface area contributed by atoms with Gasteiger partial charge in [-0.1, -0.05) is 0 Å². The van der Waals surface area contributed by atoms with Gasteiger partial charge in [-0.05, 0) is 25.7 Å². The van der Waals surface area contributed by atoms with Crippen molar-refractivity contribution in [2.45, 2.75) is 98.9 Å². The first-order valence-electron chi connectivity index (χ1n) is 26.1. The lowest BCUT2D eigenvalue weighted by molar-refractivity contribution is -0.143. The van der Waals surface area contributed by atoms with Crippen molar-refractivity contribution in [1.82, 2.24) is 45.8 Å². The second-order valence-electron chi connectivity index (χ2n) is 18.9. The van der Waals surface area contributed by atoms with E-state index in [1.807, 2.05) is 0 Å². The van der Waals surface area contributed by atoms with Crippen molar-refractivity contribution in [3.8, 4) is 0 Å². The summed E-state index contributed by atoms with van der Waals surface area (Å²) in [5, 5.41) is 195. The zero-order valence-corrected chi connectivity index (χ0v) is 45.5. The Morgan fingerprint density at radius 1 is 0.301 bits per heavy atom. The van der Waals surface area contributed by atoms with E-state index in [-0.39, 0.29) is 13.1 Å². The first kappa shape index (κ1) is 77.5. The Balaban J connectivity index is 6.53. The molecule has 0 aromatic carbocycles. The number of carboxylic acid groups (broad SMARTS) is 3. The summed E-state index contributed by atoms with van der Waals surface area (Å²) in [5.74, 6) is -11.2. The molecule has 0 spiro atoms. The molecule has 0 aromatic rings. The lowest BCUT2D eigenvalue weighted by Crippen LogP contribution is -2.52. The van der Waals surface area contributed by atoms with Crippen LogP contribution in [0, 0.1) is 0 Å². The molecule has 0 aliphatic heterocycles. The molecule has 37 heteroatoms. The first-order chi connectivity index (χ1) is 39.0. The predicted molar refractivity (Wildman–Crippen MR) is 276 cm³/mol. The fourth-order valence-corrected chi connectivity index (χ4v) is 7.49. The number of rotatable bonds is 48. The number of carbonyl (C=O) groups is 9. The van der Waals surface area contributed by atoms with Gasteiger partial charge in [0.2, 0.25) is 11.8 Å². The van der Waals surface area contributed by atoms with E-state index < -0.39 is 277 Å². The van der Waals surface area contributed by atoms with Crippen LogP contribution >= 0.6 is 0 Å². The van der Waals surface area contributed by atoms with Gasteiger partial charge >= 0.3 is 17.9 Å². The maximum Gasteiger partial charge on any atom is 0.317 e. The van der Waals surface area contributed by atoms with Crippen LogP contribution in [0.2, 0.25) is 0 Å². The maximum absolute atomic E-state index is 13.8. The van der Waals surface area contributed by atoms with Crippen LogP contribution in [0.15, 0.2) is 0 Å². The topological polar surface area (TPSA) is 602 Å². The molecule has 0 bridgehead atoms. The van der Waals surface area contributed by atoms with Gasteiger partial charge in [0.1, 0.15) is 24.4 Å². The number of nitrogens with one attached hydrogen (secondary N) is 4. The SMILES string of the molecule is O=C(O)CN(CCN(CC(=O)O)CC(=O)N(CCNC(=O)[C@H](O)[C@@H](O)[C@@H](O)CCO)CCNC(=O)[C@H](O)[C@@H](O)[C@@H](O)CCO)CCN(CC(=O)O)CC(=O)N(CCNC(=O)[C@H](O)[C@@H](O)[C@@H](O)CCO)CCNC(=O)[C@H](O)[C@@H](O)[C@@H](O)CCO. The molecular weight excluding hydrogens is 1130 g/mol. The highest BCUT2D eigenvalue weighted by molar-refractivity contribution is 5.84. The number of carbonyl (C=O) groups excluding carboxylic acids is 6. The molecule has 0 heterocycles. The zero-order valence-electron chi connectivity index (χ0n) is 45.5. The molecule has 0 fully saturated rings. The summed E-state index contributed by atoms with van der Waals surface area (Å²) in [6.45, 7) is -11.9. The van der Waals surface area contributed by atoms with Gasteiger partial charge in [0.25, 0.3) is 23.6 Å². The average Bonchev–Trinajstić information content (AvgIpc) is 3.43. The Bertz CT molecular complexity index is 1760. The highest BCUT2D eigenvalue weighted by Crippen LogP contribution is 2.09. The summed E-state index contributed by atoms with van der Waals surface area (Å²) in [6.07, 6.45) is -25.7. The quantitative estimate of drug-likeness (QED) is 0.0269. The monoisotopic (exact) mass is 1210 g/mol. The number of aliphatic hydroxyl groups excluding tert-OH is 16. The first-order valence-corrected chi connectivity index (χ1v) is 26.1. The van der Waals surface area contributed by atoms with Gasteiger partial charge < -0.3 is 128 Å². The molecule has 0 radical (unpaired) electrons. The van der Waals surface area contributed by atoms with Crippen molar-refractivity contribution in [3.63, 3.8) is 0 Å². The number of aliphatic hydroxyl groups is 16. The molecule has 482 valence electrons. The molecule has 37 nitrogen and oxygen atoms in total. The zero-order chi connectivity index (χ0) is 63.5. The summed E-state index contributed by atoms with van der Waals surface area (Å²) in [6, 6.07) is 0. The minimum Gasteiger partial charge on any atom is -0.480 e. The van der Waals surface area contributed by atoms with Crippen molar-refractivity contribution in [3.05, 3.63) is 0 Å². The van der Waals surface area contributed by atoms with Crippen LogP contribution in [0.25, 0.3) is 0 Å². The van der Waals surface area contributed by atoms with Crippen LogP contribution in [0.4, 0.5) is 0 Å². The van der Waals surface area contributed by atoms with Crippen LogP contribution in [0.5, 0.6) is 0 Å². The molecule has 0 rings (SSSR count). The molecule has 12 atom stereocenters. The summed E-state index contributed by atoms with van der Waals surface area (Å²) in [4.78, 5) is 119. The highest BCUT2D eigenvalue weighted by atomic mass is 16.4.